The highest BCUT2D eigenvalue weighted by Crippen LogP contribution is 2.43. The van der Waals surface area contributed by atoms with Crippen LogP contribution in [-0.2, 0) is 21.3 Å². The summed E-state index contributed by atoms with van der Waals surface area (Å²) in [5.41, 5.74) is 1.92. The van der Waals surface area contributed by atoms with Gasteiger partial charge in [0, 0.05) is 49.2 Å². The van der Waals surface area contributed by atoms with Crippen molar-refractivity contribution in [3.63, 3.8) is 0 Å². The predicted molar refractivity (Wildman–Crippen MR) is 145 cm³/mol. The second kappa shape index (κ2) is 10.8. The maximum Gasteiger partial charge on any atom is 0.223 e. The quantitative estimate of drug-likeness (QED) is 0.459. The van der Waals surface area contributed by atoms with Crippen molar-refractivity contribution in [3.05, 3.63) is 24.2 Å². The zero-order chi connectivity index (χ0) is 27.0. The number of anilines is 1. The van der Waals surface area contributed by atoms with Crippen molar-refractivity contribution in [1.29, 1.82) is 0 Å². The summed E-state index contributed by atoms with van der Waals surface area (Å²) in [4.78, 5) is 11.6. The van der Waals surface area contributed by atoms with Crippen molar-refractivity contribution < 1.29 is 18.3 Å². The van der Waals surface area contributed by atoms with Crippen LogP contribution in [0, 0.1) is 6.92 Å². The van der Waals surface area contributed by atoms with E-state index in [9.17, 15) is 13.5 Å². The molecule has 0 bridgehead atoms. The Bertz CT molecular complexity index is 1210. The first kappa shape index (κ1) is 27.4. The number of aromatic nitrogens is 4. The number of nitrogens with zero attached hydrogens (tertiary/aromatic N) is 6. The van der Waals surface area contributed by atoms with Crippen molar-refractivity contribution in [2.24, 2.45) is 0 Å². The molecule has 2 saturated heterocycles. The lowest BCUT2D eigenvalue weighted by Gasteiger charge is -2.36. The SMILES string of the molecule is Cc1cnc(NC2CCN(S(=O)(=O)CCCN3CCOCC34CC4)CC2)nc1-c1cnn(CC(C)(C)O)c1. The minimum absolute atomic E-state index is 0.109. The fourth-order valence-corrected chi connectivity index (χ4v) is 7.04. The Hall–Kier alpha value is -2.12. The molecular formula is C26H41N7O4S. The molecule has 5 rings (SSSR count). The Morgan fingerprint density at radius 2 is 1.97 bits per heavy atom. The topological polar surface area (TPSA) is 126 Å². The number of hydrogen-bond donors (Lipinski definition) is 2. The third-order valence-electron chi connectivity index (χ3n) is 7.81. The molecule has 1 spiro atoms. The molecule has 11 nitrogen and oxygen atoms in total. The Labute approximate surface area is 225 Å². The van der Waals surface area contributed by atoms with Gasteiger partial charge in [-0.1, -0.05) is 0 Å². The van der Waals surface area contributed by atoms with E-state index in [-0.39, 0.29) is 17.3 Å². The van der Waals surface area contributed by atoms with Gasteiger partial charge in [0.15, 0.2) is 0 Å². The van der Waals surface area contributed by atoms with Crippen molar-refractivity contribution in [2.75, 3.05) is 50.5 Å². The van der Waals surface area contributed by atoms with E-state index in [2.05, 4.69) is 20.3 Å². The van der Waals surface area contributed by atoms with E-state index < -0.39 is 15.6 Å². The Morgan fingerprint density at radius 3 is 2.68 bits per heavy atom. The number of aliphatic hydroxyl groups is 1. The highest BCUT2D eigenvalue weighted by molar-refractivity contribution is 7.89. The molecule has 0 atom stereocenters. The highest BCUT2D eigenvalue weighted by Gasteiger charge is 2.49. The molecule has 0 unspecified atom stereocenters. The summed E-state index contributed by atoms with van der Waals surface area (Å²) >= 11 is 0. The summed E-state index contributed by atoms with van der Waals surface area (Å²) in [6.45, 7) is 10.1. The normalized spacial score (nSPS) is 21.2. The summed E-state index contributed by atoms with van der Waals surface area (Å²) in [6.07, 6.45) is 9.83. The number of sulfonamides is 1. The van der Waals surface area contributed by atoms with Gasteiger partial charge < -0.3 is 15.2 Å². The smallest absolute Gasteiger partial charge is 0.223 e. The Morgan fingerprint density at radius 1 is 1.21 bits per heavy atom. The molecule has 0 aromatic carbocycles. The van der Waals surface area contributed by atoms with Gasteiger partial charge in [-0.3, -0.25) is 9.58 Å². The molecule has 38 heavy (non-hydrogen) atoms. The van der Waals surface area contributed by atoms with Gasteiger partial charge in [-0.2, -0.15) is 5.10 Å². The molecular weight excluding hydrogens is 506 g/mol. The second-order valence-corrected chi connectivity index (χ2v) is 13.8. The molecule has 3 aliphatic rings. The van der Waals surface area contributed by atoms with Crippen LogP contribution in [-0.4, -0.2) is 105 Å². The molecule has 0 amide bonds. The first-order valence-electron chi connectivity index (χ1n) is 13.7. The van der Waals surface area contributed by atoms with Gasteiger partial charge in [0.05, 0.1) is 43.0 Å². The van der Waals surface area contributed by atoms with Gasteiger partial charge in [-0.15, -0.1) is 0 Å². The van der Waals surface area contributed by atoms with Crippen molar-refractivity contribution in [3.8, 4) is 11.3 Å². The average Bonchev–Trinajstić information content (AvgIpc) is 3.48. The Balaban J connectivity index is 1.12. The van der Waals surface area contributed by atoms with Gasteiger partial charge in [0.25, 0.3) is 0 Å². The number of rotatable bonds is 10. The van der Waals surface area contributed by atoms with Crippen LogP contribution >= 0.6 is 0 Å². The number of hydrogen-bond acceptors (Lipinski definition) is 9. The standard InChI is InChI=1S/C26H41N7O4S/c1-20-15-27-24(30-23(20)21-16-28-32(17-21)18-25(2,3)34)29-22-5-10-33(11-6-22)38(35,36)14-4-9-31-12-13-37-19-26(31)7-8-26/h15-17,22,34H,4-14,18-19H2,1-3H3,(H,27,29,30). The minimum atomic E-state index is -3.27. The maximum absolute atomic E-state index is 13.0. The van der Waals surface area contributed by atoms with E-state index in [4.69, 9.17) is 9.72 Å². The van der Waals surface area contributed by atoms with E-state index >= 15 is 0 Å². The average molecular weight is 548 g/mol. The molecule has 2 aromatic heterocycles. The lowest BCUT2D eigenvalue weighted by Crippen LogP contribution is -2.48. The van der Waals surface area contributed by atoms with Crippen LogP contribution in [0.2, 0.25) is 0 Å². The summed E-state index contributed by atoms with van der Waals surface area (Å²) < 4.78 is 35.0. The van der Waals surface area contributed by atoms with E-state index in [1.165, 1.54) is 0 Å². The lowest BCUT2D eigenvalue weighted by molar-refractivity contribution is -0.0199. The van der Waals surface area contributed by atoms with Crippen LogP contribution in [0.25, 0.3) is 11.3 Å². The van der Waals surface area contributed by atoms with Crippen LogP contribution in [0.15, 0.2) is 18.6 Å². The zero-order valence-electron chi connectivity index (χ0n) is 22.8. The first-order chi connectivity index (χ1) is 18.0. The van der Waals surface area contributed by atoms with Crippen molar-refractivity contribution in [1.82, 2.24) is 29.0 Å². The Kier molecular flexibility index (Phi) is 7.80. The van der Waals surface area contributed by atoms with E-state index in [1.807, 2.05) is 13.1 Å². The van der Waals surface area contributed by atoms with Crippen LogP contribution in [0.3, 0.4) is 0 Å². The number of morpholine rings is 1. The summed E-state index contributed by atoms with van der Waals surface area (Å²) in [5, 5.41) is 17.8. The van der Waals surface area contributed by atoms with E-state index in [0.717, 1.165) is 56.0 Å². The third kappa shape index (κ3) is 6.53. The molecule has 12 heteroatoms. The molecule has 2 aromatic rings. The summed E-state index contributed by atoms with van der Waals surface area (Å²) in [5.74, 6) is 0.728. The molecule has 3 fully saturated rings. The second-order valence-electron chi connectivity index (χ2n) is 11.7. The van der Waals surface area contributed by atoms with Crippen molar-refractivity contribution >= 4 is 16.0 Å². The minimum Gasteiger partial charge on any atom is -0.389 e. The predicted octanol–water partition coefficient (Wildman–Crippen LogP) is 1.88. The first-order valence-corrected chi connectivity index (χ1v) is 15.3. The molecule has 2 aliphatic heterocycles. The van der Waals surface area contributed by atoms with Crippen LogP contribution in [0.5, 0.6) is 0 Å². The van der Waals surface area contributed by atoms with Crippen LogP contribution < -0.4 is 5.32 Å². The number of piperidine rings is 1. The van der Waals surface area contributed by atoms with Crippen LogP contribution in [0.1, 0.15) is 51.5 Å². The van der Waals surface area contributed by atoms with Gasteiger partial charge in [-0.25, -0.2) is 22.7 Å². The molecule has 1 aliphatic carbocycles. The number of aryl methyl sites for hydroxylation is 1. The molecule has 1 saturated carbocycles. The molecule has 210 valence electrons. The van der Waals surface area contributed by atoms with Gasteiger partial charge >= 0.3 is 0 Å². The van der Waals surface area contributed by atoms with Gasteiger partial charge in [0.2, 0.25) is 16.0 Å². The third-order valence-corrected chi connectivity index (χ3v) is 9.77. The molecule has 2 N–H and O–H groups in total. The van der Waals surface area contributed by atoms with E-state index in [0.29, 0.717) is 44.8 Å². The highest BCUT2D eigenvalue weighted by atomic mass is 32.2. The van der Waals surface area contributed by atoms with Gasteiger partial charge in [0.1, 0.15) is 0 Å². The fourth-order valence-electron chi connectivity index (χ4n) is 5.52. The fraction of sp³-hybridized carbons (Fsp3) is 0.731. The lowest BCUT2D eigenvalue weighted by atomic mass is 10.1. The monoisotopic (exact) mass is 547 g/mol. The maximum atomic E-state index is 13.0. The van der Waals surface area contributed by atoms with Gasteiger partial charge in [-0.05, 0) is 65.0 Å². The van der Waals surface area contributed by atoms with Crippen LogP contribution in [0.4, 0.5) is 5.95 Å². The zero-order valence-corrected chi connectivity index (χ0v) is 23.6. The number of nitrogens with one attached hydrogen (secondary N) is 1. The summed E-state index contributed by atoms with van der Waals surface area (Å²) in [6, 6.07) is 0.109. The molecule has 4 heterocycles. The largest absolute Gasteiger partial charge is 0.389 e. The summed E-state index contributed by atoms with van der Waals surface area (Å²) in [7, 11) is -3.27. The van der Waals surface area contributed by atoms with E-state index in [1.54, 1.807) is 35.2 Å². The van der Waals surface area contributed by atoms with Crippen molar-refractivity contribution in [2.45, 2.75) is 76.6 Å². The molecule has 0 radical (unpaired) electrons. The number of ether oxygens (including phenoxy) is 1.